The molecule has 0 bridgehead atoms. The number of rotatable bonds is 7. The van der Waals surface area contributed by atoms with E-state index in [0.717, 1.165) is 25.7 Å². The Morgan fingerprint density at radius 2 is 1.88 bits per heavy atom. The molecule has 142 valence electrons. The highest BCUT2D eigenvalue weighted by Gasteiger charge is 2.59. The van der Waals surface area contributed by atoms with Gasteiger partial charge in [0.05, 0.1) is 6.10 Å². The number of ether oxygens (including phenoxy) is 2. The molecule has 2 unspecified atom stereocenters. The summed E-state index contributed by atoms with van der Waals surface area (Å²) in [6.45, 7) is 5.54. The number of carboxylic acid groups (broad SMARTS) is 1. The van der Waals surface area contributed by atoms with Crippen molar-refractivity contribution in [1.29, 1.82) is 0 Å². The van der Waals surface area contributed by atoms with Gasteiger partial charge < -0.3 is 19.5 Å². The van der Waals surface area contributed by atoms with Crippen molar-refractivity contribution < 1.29 is 24.2 Å². The molecule has 1 saturated heterocycles. The van der Waals surface area contributed by atoms with E-state index in [9.17, 15) is 9.59 Å². The van der Waals surface area contributed by atoms with E-state index in [4.69, 9.17) is 14.6 Å². The fourth-order valence-electron chi connectivity index (χ4n) is 5.13. The molecule has 3 fully saturated rings. The number of carboxylic acids is 1. The molecule has 0 aromatic rings. The van der Waals surface area contributed by atoms with Gasteiger partial charge >= 0.3 is 5.97 Å². The molecule has 6 nitrogen and oxygen atoms in total. The zero-order valence-electron chi connectivity index (χ0n) is 15.4. The Labute approximate surface area is 149 Å². The topological polar surface area (TPSA) is 76.1 Å². The van der Waals surface area contributed by atoms with E-state index in [1.54, 1.807) is 0 Å². The van der Waals surface area contributed by atoms with Crippen LogP contribution in [0.3, 0.4) is 0 Å². The van der Waals surface area contributed by atoms with Crippen molar-refractivity contribution in [3.8, 4) is 0 Å². The largest absolute Gasteiger partial charge is 0.479 e. The number of carbonyl (C=O) groups excluding carboxylic acids is 1. The Hall–Kier alpha value is -1.14. The monoisotopic (exact) mass is 353 g/mol. The maximum Gasteiger partial charge on any atom is 0.332 e. The van der Waals surface area contributed by atoms with Gasteiger partial charge in [-0.1, -0.05) is 19.8 Å². The minimum atomic E-state index is -0.968. The Kier molecular flexibility index (Phi) is 5.68. The summed E-state index contributed by atoms with van der Waals surface area (Å²) in [5.74, 6) is -0.985. The third-order valence-electron chi connectivity index (χ3n) is 6.34. The van der Waals surface area contributed by atoms with Crippen molar-refractivity contribution in [1.82, 2.24) is 4.90 Å². The van der Waals surface area contributed by atoms with Crippen LogP contribution >= 0.6 is 0 Å². The third kappa shape index (κ3) is 3.31. The predicted molar refractivity (Wildman–Crippen MR) is 92.3 cm³/mol. The fraction of sp³-hybridized carbons (Fsp3) is 0.895. The van der Waals surface area contributed by atoms with Crippen LogP contribution in [-0.2, 0) is 19.1 Å². The Morgan fingerprint density at radius 3 is 2.44 bits per heavy atom. The van der Waals surface area contributed by atoms with E-state index in [1.165, 1.54) is 12.8 Å². The van der Waals surface area contributed by atoms with Gasteiger partial charge in [-0.25, -0.2) is 4.79 Å². The first-order valence-electron chi connectivity index (χ1n) is 9.83. The van der Waals surface area contributed by atoms with Gasteiger partial charge in [-0.3, -0.25) is 4.79 Å². The van der Waals surface area contributed by atoms with Crippen LogP contribution in [0.2, 0.25) is 0 Å². The van der Waals surface area contributed by atoms with E-state index in [1.807, 2.05) is 11.8 Å². The zero-order chi connectivity index (χ0) is 18.0. The molecule has 4 atom stereocenters. The second-order valence-corrected chi connectivity index (χ2v) is 7.70. The number of amides is 1. The van der Waals surface area contributed by atoms with Crippen molar-refractivity contribution in [3.05, 3.63) is 0 Å². The Balaban J connectivity index is 1.73. The molecule has 1 aliphatic heterocycles. The standard InChI is InChI=1S/C19H31NO5/c1-3-11-20(17(21)13-7-8-14(25-13)18(22)23)15-12-16(24-4-2)19(15)9-5-6-10-19/h13-16H,3-12H2,1-2H3,(H,22,23)/t13-,14+,15?,16?/m0/s1. The van der Waals surface area contributed by atoms with Crippen LogP contribution < -0.4 is 0 Å². The second kappa shape index (κ2) is 7.62. The summed E-state index contributed by atoms with van der Waals surface area (Å²) < 4.78 is 11.5. The minimum Gasteiger partial charge on any atom is -0.479 e. The second-order valence-electron chi connectivity index (χ2n) is 7.70. The summed E-state index contributed by atoms with van der Waals surface area (Å²) in [6, 6.07) is 0.214. The summed E-state index contributed by atoms with van der Waals surface area (Å²) in [4.78, 5) is 26.2. The fourth-order valence-corrected chi connectivity index (χ4v) is 5.13. The molecular weight excluding hydrogens is 322 g/mol. The van der Waals surface area contributed by atoms with Crippen LogP contribution in [0.5, 0.6) is 0 Å². The van der Waals surface area contributed by atoms with Crippen LogP contribution in [0.25, 0.3) is 0 Å². The number of hydrogen-bond donors (Lipinski definition) is 1. The van der Waals surface area contributed by atoms with Crippen molar-refractivity contribution >= 4 is 11.9 Å². The molecule has 0 aromatic carbocycles. The van der Waals surface area contributed by atoms with E-state index in [2.05, 4.69) is 6.92 Å². The maximum absolute atomic E-state index is 13.1. The number of nitrogens with zero attached hydrogens (tertiary/aromatic N) is 1. The van der Waals surface area contributed by atoms with Gasteiger partial charge in [0.1, 0.15) is 6.10 Å². The first-order valence-corrected chi connectivity index (χ1v) is 9.83. The lowest BCUT2D eigenvalue weighted by Gasteiger charge is -2.58. The van der Waals surface area contributed by atoms with Gasteiger partial charge in [0, 0.05) is 24.6 Å². The molecule has 2 aliphatic carbocycles. The molecule has 1 heterocycles. The van der Waals surface area contributed by atoms with Crippen LogP contribution in [0, 0.1) is 5.41 Å². The Morgan fingerprint density at radius 1 is 1.20 bits per heavy atom. The molecule has 0 radical (unpaired) electrons. The summed E-state index contributed by atoms with van der Waals surface area (Å²) in [7, 11) is 0. The first kappa shape index (κ1) is 18.6. The van der Waals surface area contributed by atoms with Crippen LogP contribution in [0.4, 0.5) is 0 Å². The molecule has 3 aliphatic rings. The summed E-state index contributed by atoms with van der Waals surface area (Å²) in [6.07, 6.45) is 6.19. The van der Waals surface area contributed by atoms with Crippen LogP contribution in [0.1, 0.15) is 65.2 Å². The predicted octanol–water partition coefficient (Wildman–Crippen LogP) is 2.59. The maximum atomic E-state index is 13.1. The zero-order valence-corrected chi connectivity index (χ0v) is 15.4. The molecule has 1 N–H and O–H groups in total. The highest BCUT2D eigenvalue weighted by Crippen LogP contribution is 2.57. The van der Waals surface area contributed by atoms with E-state index in [0.29, 0.717) is 26.0 Å². The summed E-state index contributed by atoms with van der Waals surface area (Å²) in [5.41, 5.74) is 0.103. The first-order chi connectivity index (χ1) is 12.0. The molecule has 2 saturated carbocycles. The Bertz CT molecular complexity index is 502. The molecule has 1 amide bonds. The van der Waals surface area contributed by atoms with Crippen molar-refractivity contribution in [2.75, 3.05) is 13.2 Å². The van der Waals surface area contributed by atoms with Gasteiger partial charge in [-0.15, -0.1) is 0 Å². The van der Waals surface area contributed by atoms with Gasteiger partial charge in [-0.05, 0) is 45.4 Å². The number of aliphatic carboxylic acids is 1. The number of carbonyl (C=O) groups is 2. The average molecular weight is 353 g/mol. The SMILES string of the molecule is CCCN(C(=O)[C@@H]1CC[C@H](C(=O)O)O1)C1CC(OCC)C12CCCC2. The van der Waals surface area contributed by atoms with Gasteiger partial charge in [0.25, 0.3) is 5.91 Å². The van der Waals surface area contributed by atoms with Crippen LogP contribution in [-0.4, -0.2) is 59.4 Å². The summed E-state index contributed by atoms with van der Waals surface area (Å²) >= 11 is 0. The molecule has 25 heavy (non-hydrogen) atoms. The smallest absolute Gasteiger partial charge is 0.332 e. The average Bonchev–Trinajstić information content (AvgIpc) is 3.27. The van der Waals surface area contributed by atoms with Gasteiger partial charge in [-0.2, -0.15) is 0 Å². The molecule has 3 rings (SSSR count). The molecule has 6 heteroatoms. The number of hydrogen-bond acceptors (Lipinski definition) is 4. The quantitative estimate of drug-likeness (QED) is 0.761. The van der Waals surface area contributed by atoms with Gasteiger partial charge in [0.2, 0.25) is 0 Å². The lowest BCUT2D eigenvalue weighted by molar-refractivity contribution is -0.183. The highest BCUT2D eigenvalue weighted by atomic mass is 16.5. The summed E-state index contributed by atoms with van der Waals surface area (Å²) in [5, 5.41) is 9.12. The molecule has 1 spiro atoms. The van der Waals surface area contributed by atoms with Crippen molar-refractivity contribution in [2.45, 2.75) is 89.6 Å². The highest BCUT2D eigenvalue weighted by molar-refractivity contribution is 5.83. The molecular formula is C19H31NO5. The van der Waals surface area contributed by atoms with E-state index in [-0.39, 0.29) is 23.5 Å². The van der Waals surface area contributed by atoms with Crippen molar-refractivity contribution in [2.24, 2.45) is 5.41 Å². The van der Waals surface area contributed by atoms with E-state index < -0.39 is 18.2 Å². The molecule has 0 aromatic heterocycles. The minimum absolute atomic E-state index is 0.0168. The lowest BCUT2D eigenvalue weighted by Crippen LogP contribution is -2.66. The lowest BCUT2D eigenvalue weighted by atomic mass is 9.59. The van der Waals surface area contributed by atoms with E-state index >= 15 is 0 Å². The van der Waals surface area contributed by atoms with Gasteiger partial charge in [0.15, 0.2) is 6.10 Å². The van der Waals surface area contributed by atoms with Crippen molar-refractivity contribution in [3.63, 3.8) is 0 Å². The third-order valence-corrected chi connectivity index (χ3v) is 6.34. The normalized spacial score (nSPS) is 33.4. The van der Waals surface area contributed by atoms with Crippen LogP contribution in [0.15, 0.2) is 0 Å².